The number of carbonyl (C=O) groups excluding carboxylic acids is 1. The summed E-state index contributed by atoms with van der Waals surface area (Å²) in [7, 11) is 1.44. The summed E-state index contributed by atoms with van der Waals surface area (Å²) in [5, 5.41) is 22.9. The molecule has 0 heterocycles. The van der Waals surface area contributed by atoms with Crippen LogP contribution in [0.4, 0.5) is 0 Å². The molecule has 22 heavy (non-hydrogen) atoms. The molecule has 0 radical (unpaired) electrons. The van der Waals surface area contributed by atoms with Gasteiger partial charge in [0, 0.05) is 15.6 Å². The van der Waals surface area contributed by atoms with Gasteiger partial charge in [-0.2, -0.15) is 5.10 Å². The van der Waals surface area contributed by atoms with Crippen LogP contribution in [0, 0.1) is 0 Å². The molecule has 1 amide bonds. The van der Waals surface area contributed by atoms with Crippen LogP contribution in [-0.4, -0.2) is 29.4 Å². The Balaban J connectivity index is 2.11. The molecule has 0 aliphatic heterocycles. The summed E-state index contributed by atoms with van der Waals surface area (Å²) >= 11 is 3.29. The van der Waals surface area contributed by atoms with E-state index in [1.807, 2.05) is 0 Å². The summed E-state index contributed by atoms with van der Waals surface area (Å²) < 4.78 is 5.72. The molecule has 114 valence electrons. The van der Waals surface area contributed by atoms with E-state index in [4.69, 9.17) is 9.84 Å². The number of nitrogens with zero attached hydrogens (tertiary/aromatic N) is 1. The molecule has 0 bridgehead atoms. The third-order valence-electron chi connectivity index (χ3n) is 2.79. The molecule has 0 aliphatic carbocycles. The molecule has 7 heteroatoms. The lowest BCUT2D eigenvalue weighted by molar-refractivity contribution is 0.0955. The highest BCUT2D eigenvalue weighted by Crippen LogP contribution is 2.32. The lowest BCUT2D eigenvalue weighted by Gasteiger charge is -2.06. The quantitative estimate of drug-likeness (QED) is 0.574. The molecule has 0 aliphatic rings. The number of amides is 1. The number of halogens is 1. The Morgan fingerprint density at radius 2 is 1.95 bits per heavy atom. The first-order valence-electron chi connectivity index (χ1n) is 6.20. The Labute approximate surface area is 135 Å². The molecule has 2 rings (SSSR count). The van der Waals surface area contributed by atoms with Crippen LogP contribution in [0.2, 0.25) is 0 Å². The van der Waals surface area contributed by atoms with Crippen LogP contribution in [-0.2, 0) is 0 Å². The molecule has 0 atom stereocenters. The molecule has 0 saturated heterocycles. The minimum Gasteiger partial charge on any atom is -0.508 e. The number of benzene rings is 2. The third-order valence-corrected chi connectivity index (χ3v) is 3.25. The van der Waals surface area contributed by atoms with E-state index >= 15 is 0 Å². The normalized spacial score (nSPS) is 10.6. The lowest BCUT2D eigenvalue weighted by Crippen LogP contribution is -2.17. The maximum absolute atomic E-state index is 11.8. The summed E-state index contributed by atoms with van der Waals surface area (Å²) in [5.41, 5.74) is 3.07. The number of carbonyl (C=O) groups is 1. The van der Waals surface area contributed by atoms with Gasteiger partial charge >= 0.3 is 0 Å². The van der Waals surface area contributed by atoms with E-state index in [-0.39, 0.29) is 11.5 Å². The average molecular weight is 365 g/mol. The third kappa shape index (κ3) is 3.76. The van der Waals surface area contributed by atoms with Crippen molar-refractivity contribution in [1.82, 2.24) is 5.43 Å². The number of hydrogen-bond acceptors (Lipinski definition) is 5. The zero-order valence-electron chi connectivity index (χ0n) is 11.6. The number of aromatic hydroxyl groups is 2. The number of phenolic OH excluding ortho intramolecular Hbond substituents is 2. The fourth-order valence-electron chi connectivity index (χ4n) is 1.69. The maximum atomic E-state index is 11.8. The van der Waals surface area contributed by atoms with Gasteiger partial charge in [-0.25, -0.2) is 5.43 Å². The number of nitrogens with one attached hydrogen (secondary N) is 1. The van der Waals surface area contributed by atoms with Crippen LogP contribution in [0.15, 0.2) is 46.0 Å². The number of hydrazone groups is 1. The standard InChI is InChI=1S/C15H13BrN2O4/c1-22-13-7-11(16)6-10(14(13)20)8-17-18-15(21)9-2-4-12(19)5-3-9/h2-8,19-20H,1H3,(H,18,21)/b17-8-. The van der Waals surface area contributed by atoms with Crippen LogP contribution >= 0.6 is 15.9 Å². The molecular weight excluding hydrogens is 352 g/mol. The number of phenols is 2. The van der Waals surface area contributed by atoms with Crippen LogP contribution < -0.4 is 10.2 Å². The predicted octanol–water partition coefficient (Wildman–Crippen LogP) is 2.63. The van der Waals surface area contributed by atoms with Crippen LogP contribution in [0.25, 0.3) is 0 Å². The van der Waals surface area contributed by atoms with E-state index in [1.165, 1.54) is 37.6 Å². The largest absolute Gasteiger partial charge is 0.508 e. The van der Waals surface area contributed by atoms with Crippen molar-refractivity contribution in [1.29, 1.82) is 0 Å². The van der Waals surface area contributed by atoms with Gasteiger partial charge < -0.3 is 14.9 Å². The van der Waals surface area contributed by atoms with Gasteiger partial charge in [-0.3, -0.25) is 4.79 Å². The average Bonchev–Trinajstić information content (AvgIpc) is 2.50. The van der Waals surface area contributed by atoms with Crippen molar-refractivity contribution in [2.75, 3.05) is 7.11 Å². The first-order valence-corrected chi connectivity index (χ1v) is 6.99. The van der Waals surface area contributed by atoms with Crippen molar-refractivity contribution in [2.24, 2.45) is 5.10 Å². The predicted molar refractivity (Wildman–Crippen MR) is 85.5 cm³/mol. The van der Waals surface area contributed by atoms with Gasteiger partial charge in [-0.1, -0.05) is 15.9 Å². The highest BCUT2D eigenvalue weighted by molar-refractivity contribution is 9.10. The van der Waals surface area contributed by atoms with Gasteiger partial charge in [0.15, 0.2) is 11.5 Å². The van der Waals surface area contributed by atoms with Crippen LogP contribution in [0.1, 0.15) is 15.9 Å². The molecule has 0 spiro atoms. The van der Waals surface area contributed by atoms with Gasteiger partial charge in [0.25, 0.3) is 5.91 Å². The van der Waals surface area contributed by atoms with Gasteiger partial charge in [0.05, 0.1) is 13.3 Å². The molecule has 0 fully saturated rings. The monoisotopic (exact) mass is 364 g/mol. The number of hydrogen-bond donors (Lipinski definition) is 3. The first kappa shape index (κ1) is 15.8. The highest BCUT2D eigenvalue weighted by atomic mass is 79.9. The Bertz CT molecular complexity index is 714. The highest BCUT2D eigenvalue weighted by Gasteiger charge is 2.08. The lowest BCUT2D eigenvalue weighted by atomic mass is 10.2. The molecule has 0 aromatic heterocycles. The van der Waals surface area contributed by atoms with E-state index in [2.05, 4.69) is 26.5 Å². The van der Waals surface area contributed by atoms with E-state index in [0.717, 1.165) is 0 Å². The van der Waals surface area contributed by atoms with Crippen molar-refractivity contribution < 1.29 is 19.7 Å². The summed E-state index contributed by atoms with van der Waals surface area (Å²) in [5.74, 6) is -0.141. The summed E-state index contributed by atoms with van der Waals surface area (Å²) in [6.07, 6.45) is 1.31. The van der Waals surface area contributed by atoms with Crippen LogP contribution in [0.3, 0.4) is 0 Å². The molecule has 3 N–H and O–H groups in total. The van der Waals surface area contributed by atoms with Crippen molar-refractivity contribution in [3.63, 3.8) is 0 Å². The van der Waals surface area contributed by atoms with Crippen molar-refractivity contribution in [2.45, 2.75) is 0 Å². The van der Waals surface area contributed by atoms with E-state index in [1.54, 1.807) is 12.1 Å². The Morgan fingerprint density at radius 3 is 2.59 bits per heavy atom. The minimum absolute atomic E-state index is 0.0752. The maximum Gasteiger partial charge on any atom is 0.271 e. The van der Waals surface area contributed by atoms with Gasteiger partial charge in [-0.05, 0) is 36.4 Å². The summed E-state index contributed by atoms with van der Waals surface area (Å²) in [4.78, 5) is 11.8. The van der Waals surface area contributed by atoms with E-state index in [0.29, 0.717) is 21.3 Å². The van der Waals surface area contributed by atoms with Crippen LogP contribution in [0.5, 0.6) is 17.2 Å². The van der Waals surface area contributed by atoms with Crippen molar-refractivity contribution in [3.8, 4) is 17.2 Å². The molecular formula is C15H13BrN2O4. The molecule has 0 saturated carbocycles. The van der Waals surface area contributed by atoms with Gasteiger partial charge in [0.1, 0.15) is 5.75 Å². The second kappa shape index (κ2) is 6.95. The zero-order chi connectivity index (χ0) is 16.1. The molecule has 2 aromatic rings. The zero-order valence-corrected chi connectivity index (χ0v) is 13.2. The summed E-state index contributed by atoms with van der Waals surface area (Å²) in [6, 6.07) is 9.00. The van der Waals surface area contributed by atoms with Gasteiger partial charge in [-0.15, -0.1) is 0 Å². The second-order valence-corrected chi connectivity index (χ2v) is 5.21. The fourth-order valence-corrected chi connectivity index (χ4v) is 2.14. The molecule has 0 unspecified atom stereocenters. The smallest absolute Gasteiger partial charge is 0.271 e. The van der Waals surface area contributed by atoms with Crippen molar-refractivity contribution >= 4 is 28.1 Å². The van der Waals surface area contributed by atoms with E-state index < -0.39 is 5.91 Å². The first-order chi connectivity index (χ1) is 10.5. The number of rotatable bonds is 4. The minimum atomic E-state index is -0.433. The molecule has 2 aromatic carbocycles. The van der Waals surface area contributed by atoms with Crippen molar-refractivity contribution in [3.05, 3.63) is 52.0 Å². The topological polar surface area (TPSA) is 91.2 Å². The second-order valence-electron chi connectivity index (χ2n) is 4.29. The Morgan fingerprint density at radius 1 is 1.27 bits per heavy atom. The molecule has 6 nitrogen and oxygen atoms in total. The summed E-state index contributed by atoms with van der Waals surface area (Å²) in [6.45, 7) is 0. The Hall–Kier alpha value is -2.54. The Kier molecular flexibility index (Phi) is 5.00. The number of methoxy groups -OCH3 is 1. The van der Waals surface area contributed by atoms with E-state index in [9.17, 15) is 9.90 Å². The number of ether oxygens (including phenoxy) is 1. The van der Waals surface area contributed by atoms with Gasteiger partial charge in [0.2, 0.25) is 0 Å². The SMILES string of the molecule is COc1cc(Br)cc(/C=N\NC(=O)c2ccc(O)cc2)c1O. The fraction of sp³-hybridized carbons (Fsp3) is 0.0667.